The Labute approximate surface area is 154 Å². The van der Waals surface area contributed by atoms with Crippen molar-refractivity contribution in [3.05, 3.63) is 71.0 Å². The number of nitrogens with zero attached hydrogens (tertiary/aromatic N) is 3. The summed E-state index contributed by atoms with van der Waals surface area (Å²) in [7, 11) is 1.86. The largest absolute Gasteiger partial charge is 0.346 e. The zero-order chi connectivity index (χ0) is 18.1. The summed E-state index contributed by atoms with van der Waals surface area (Å²) in [6.07, 6.45) is 1.69. The Bertz CT molecular complexity index is 1070. The highest BCUT2D eigenvalue weighted by Gasteiger charge is 2.13. The summed E-state index contributed by atoms with van der Waals surface area (Å²) in [5, 5.41) is 15.7. The molecule has 0 spiro atoms. The van der Waals surface area contributed by atoms with Gasteiger partial charge >= 0.3 is 0 Å². The molecule has 0 saturated carbocycles. The Morgan fingerprint density at radius 1 is 1.19 bits per heavy atom. The molecule has 2 aromatic carbocycles. The van der Waals surface area contributed by atoms with Gasteiger partial charge in [0.25, 0.3) is 5.91 Å². The van der Waals surface area contributed by atoms with Gasteiger partial charge in [-0.3, -0.25) is 14.6 Å². The molecule has 0 bridgehead atoms. The highest BCUT2D eigenvalue weighted by Crippen LogP contribution is 2.26. The van der Waals surface area contributed by atoms with Gasteiger partial charge < -0.3 is 5.32 Å². The van der Waals surface area contributed by atoms with Crippen molar-refractivity contribution in [1.29, 1.82) is 0 Å². The van der Waals surface area contributed by atoms with Crippen molar-refractivity contribution in [3.63, 3.8) is 0 Å². The molecule has 26 heavy (non-hydrogen) atoms. The highest BCUT2D eigenvalue weighted by molar-refractivity contribution is 6.35. The number of fused-ring (bicyclic) bond motifs is 1. The van der Waals surface area contributed by atoms with Crippen LogP contribution in [0.5, 0.6) is 0 Å². The molecule has 0 aliphatic carbocycles. The smallest absolute Gasteiger partial charge is 0.251 e. The molecule has 0 unspecified atom stereocenters. The second-order valence-corrected chi connectivity index (χ2v) is 6.34. The third kappa shape index (κ3) is 2.95. The summed E-state index contributed by atoms with van der Waals surface area (Å²) in [4.78, 5) is 12.4. The number of amides is 1. The molecule has 2 N–H and O–H groups in total. The van der Waals surface area contributed by atoms with Crippen LogP contribution in [0.1, 0.15) is 16.1 Å². The summed E-state index contributed by atoms with van der Waals surface area (Å²) in [6.45, 7) is 0.308. The Morgan fingerprint density at radius 3 is 2.73 bits per heavy atom. The van der Waals surface area contributed by atoms with Gasteiger partial charge in [0.2, 0.25) is 0 Å². The fourth-order valence-corrected chi connectivity index (χ4v) is 3.24. The van der Waals surface area contributed by atoms with Crippen LogP contribution in [0.3, 0.4) is 0 Å². The van der Waals surface area contributed by atoms with Gasteiger partial charge in [0, 0.05) is 24.2 Å². The first kappa shape index (κ1) is 16.4. The molecule has 0 fully saturated rings. The van der Waals surface area contributed by atoms with Crippen LogP contribution in [0.4, 0.5) is 0 Å². The lowest BCUT2D eigenvalue weighted by Gasteiger charge is -2.05. The van der Waals surface area contributed by atoms with Gasteiger partial charge in [0.05, 0.1) is 28.5 Å². The van der Waals surface area contributed by atoms with Gasteiger partial charge in [-0.05, 0) is 35.9 Å². The van der Waals surface area contributed by atoms with Gasteiger partial charge in [0.15, 0.2) is 0 Å². The summed E-state index contributed by atoms with van der Waals surface area (Å²) in [6, 6.07) is 14.9. The number of carbonyl (C=O) groups excluding carboxylic acids is 1. The minimum Gasteiger partial charge on any atom is -0.346 e. The molecular weight excluding hydrogens is 350 g/mol. The van der Waals surface area contributed by atoms with Gasteiger partial charge in [-0.2, -0.15) is 10.2 Å². The van der Waals surface area contributed by atoms with E-state index in [1.54, 1.807) is 23.0 Å². The van der Waals surface area contributed by atoms with Crippen molar-refractivity contribution >= 4 is 28.4 Å². The van der Waals surface area contributed by atoms with Crippen molar-refractivity contribution in [2.24, 2.45) is 7.05 Å². The first-order chi connectivity index (χ1) is 12.6. The zero-order valence-electron chi connectivity index (χ0n) is 14.0. The summed E-state index contributed by atoms with van der Waals surface area (Å²) in [5.74, 6) is -0.160. The van der Waals surface area contributed by atoms with Gasteiger partial charge in [-0.15, -0.1) is 0 Å². The molecule has 0 radical (unpaired) electrons. The topological polar surface area (TPSA) is 75.6 Å². The fourth-order valence-electron chi connectivity index (χ4n) is 2.96. The lowest BCUT2D eigenvalue weighted by Crippen LogP contribution is -2.23. The van der Waals surface area contributed by atoms with Crippen LogP contribution in [0.2, 0.25) is 5.02 Å². The number of carbonyl (C=O) groups is 1. The van der Waals surface area contributed by atoms with E-state index >= 15 is 0 Å². The van der Waals surface area contributed by atoms with E-state index in [9.17, 15) is 4.79 Å². The van der Waals surface area contributed by atoms with E-state index < -0.39 is 0 Å². The van der Waals surface area contributed by atoms with Crippen LogP contribution >= 0.6 is 11.6 Å². The number of benzene rings is 2. The molecule has 0 aliphatic heterocycles. The summed E-state index contributed by atoms with van der Waals surface area (Å²) in [5.41, 5.74) is 4.15. The normalized spacial score (nSPS) is 11.0. The Balaban J connectivity index is 1.51. The van der Waals surface area contributed by atoms with Crippen molar-refractivity contribution in [1.82, 2.24) is 25.3 Å². The lowest BCUT2D eigenvalue weighted by molar-refractivity contribution is 0.0950. The van der Waals surface area contributed by atoms with E-state index in [4.69, 9.17) is 11.6 Å². The lowest BCUT2D eigenvalue weighted by atomic mass is 10.1. The van der Waals surface area contributed by atoms with Gasteiger partial charge in [0.1, 0.15) is 0 Å². The van der Waals surface area contributed by atoms with E-state index in [0.29, 0.717) is 17.1 Å². The van der Waals surface area contributed by atoms with Crippen LogP contribution in [0.25, 0.3) is 22.2 Å². The predicted octanol–water partition coefficient (Wildman–Crippen LogP) is 3.55. The van der Waals surface area contributed by atoms with Crippen LogP contribution in [-0.4, -0.2) is 25.9 Å². The highest BCUT2D eigenvalue weighted by atomic mass is 35.5. The van der Waals surface area contributed by atoms with Gasteiger partial charge in [-0.25, -0.2) is 0 Å². The maximum atomic E-state index is 12.4. The molecule has 1 amide bonds. The SMILES string of the molecule is Cn1nc(CNC(=O)c2ccc(-c3ccn[nH]3)cc2)c2c(Cl)cccc21. The average Bonchev–Trinajstić information content (AvgIpc) is 3.29. The van der Waals surface area contributed by atoms with E-state index in [2.05, 4.69) is 20.6 Å². The Kier molecular flexibility index (Phi) is 4.18. The fraction of sp³-hybridized carbons (Fsp3) is 0.105. The van der Waals surface area contributed by atoms with E-state index in [-0.39, 0.29) is 5.91 Å². The molecule has 0 aliphatic rings. The van der Waals surface area contributed by atoms with Crippen LogP contribution in [0.15, 0.2) is 54.7 Å². The first-order valence-corrected chi connectivity index (χ1v) is 8.49. The number of hydrogen-bond acceptors (Lipinski definition) is 3. The van der Waals surface area contributed by atoms with Crippen molar-refractivity contribution in [2.75, 3.05) is 0 Å². The van der Waals surface area contributed by atoms with E-state index in [1.165, 1.54) is 0 Å². The average molecular weight is 366 g/mol. The number of aryl methyl sites for hydroxylation is 1. The molecular formula is C19H16ClN5O. The molecule has 6 nitrogen and oxygen atoms in total. The van der Waals surface area contributed by atoms with E-state index in [1.807, 2.05) is 43.4 Å². The molecule has 2 aromatic heterocycles. The predicted molar refractivity (Wildman–Crippen MR) is 101 cm³/mol. The second-order valence-electron chi connectivity index (χ2n) is 5.93. The number of halogens is 1. The standard InChI is InChI=1S/C19H16ClN5O/c1-25-17-4-2-3-14(20)18(17)16(24-25)11-21-19(26)13-7-5-12(6-8-13)15-9-10-22-23-15/h2-10H,11H2,1H3,(H,21,26)(H,22,23). The maximum absolute atomic E-state index is 12.4. The molecule has 0 atom stereocenters. The quantitative estimate of drug-likeness (QED) is 0.580. The Hall–Kier alpha value is -3.12. The summed E-state index contributed by atoms with van der Waals surface area (Å²) >= 11 is 6.30. The molecule has 4 rings (SSSR count). The Morgan fingerprint density at radius 2 is 2.00 bits per heavy atom. The third-order valence-electron chi connectivity index (χ3n) is 4.27. The molecule has 4 aromatic rings. The van der Waals surface area contributed by atoms with E-state index in [0.717, 1.165) is 27.9 Å². The number of aromatic nitrogens is 4. The van der Waals surface area contributed by atoms with Crippen molar-refractivity contribution < 1.29 is 4.79 Å². The third-order valence-corrected chi connectivity index (χ3v) is 4.59. The summed E-state index contributed by atoms with van der Waals surface area (Å²) < 4.78 is 1.77. The van der Waals surface area contributed by atoms with Crippen LogP contribution < -0.4 is 5.32 Å². The minimum absolute atomic E-state index is 0.160. The second kappa shape index (κ2) is 6.65. The monoisotopic (exact) mass is 365 g/mol. The minimum atomic E-state index is -0.160. The molecule has 0 saturated heterocycles. The number of rotatable bonds is 4. The van der Waals surface area contributed by atoms with Crippen LogP contribution in [0, 0.1) is 0 Å². The number of H-pyrrole nitrogens is 1. The van der Waals surface area contributed by atoms with Gasteiger partial charge in [-0.1, -0.05) is 29.8 Å². The molecule has 7 heteroatoms. The first-order valence-electron chi connectivity index (χ1n) is 8.11. The number of nitrogens with one attached hydrogen (secondary N) is 2. The van der Waals surface area contributed by atoms with Crippen LogP contribution in [-0.2, 0) is 13.6 Å². The molecule has 2 heterocycles. The number of aromatic amines is 1. The van der Waals surface area contributed by atoms with Crippen molar-refractivity contribution in [2.45, 2.75) is 6.54 Å². The maximum Gasteiger partial charge on any atom is 0.251 e. The number of hydrogen-bond donors (Lipinski definition) is 2. The van der Waals surface area contributed by atoms with Crippen molar-refractivity contribution in [3.8, 4) is 11.3 Å². The zero-order valence-corrected chi connectivity index (χ0v) is 14.8. The molecule has 130 valence electrons.